The molecule has 0 amide bonds. The zero-order valence-corrected chi connectivity index (χ0v) is 16.3. The smallest absolute Gasteiger partial charge is 0.231 e. The third kappa shape index (κ3) is 4.14. The van der Waals surface area contributed by atoms with E-state index in [9.17, 15) is 4.79 Å². The lowest BCUT2D eigenvalue weighted by atomic mass is 10.1. The minimum absolute atomic E-state index is 0. The van der Waals surface area contributed by atoms with Gasteiger partial charge in [0, 0.05) is 38.9 Å². The maximum Gasteiger partial charge on any atom is 0.231 e. The van der Waals surface area contributed by atoms with Crippen LogP contribution in [-0.2, 0) is 6.54 Å². The molecular formula is C19H23ClN4O3. The van der Waals surface area contributed by atoms with Crippen molar-refractivity contribution in [3.8, 4) is 11.5 Å². The summed E-state index contributed by atoms with van der Waals surface area (Å²) in [5.74, 6) is 2.36. The van der Waals surface area contributed by atoms with E-state index in [1.54, 1.807) is 13.1 Å². The van der Waals surface area contributed by atoms with Gasteiger partial charge in [0.15, 0.2) is 17.3 Å². The van der Waals surface area contributed by atoms with Crippen molar-refractivity contribution in [3.05, 3.63) is 41.2 Å². The number of Topliss-reactive ketones (excluding diaryl/α,β-unsaturated/α-hetero) is 1. The first-order chi connectivity index (χ1) is 12.6. The molecule has 3 heterocycles. The molecule has 0 radical (unpaired) electrons. The highest BCUT2D eigenvalue weighted by molar-refractivity contribution is 5.94. The minimum atomic E-state index is 0. The first-order valence-electron chi connectivity index (χ1n) is 8.80. The molecule has 144 valence electrons. The summed E-state index contributed by atoms with van der Waals surface area (Å²) in [6.45, 7) is 8.19. The Morgan fingerprint density at radius 1 is 1.15 bits per heavy atom. The predicted molar refractivity (Wildman–Crippen MR) is 104 cm³/mol. The van der Waals surface area contributed by atoms with Crippen LogP contribution in [0.4, 0.5) is 5.95 Å². The van der Waals surface area contributed by atoms with Gasteiger partial charge in [-0.15, -0.1) is 12.4 Å². The average Bonchev–Trinajstić information content (AvgIpc) is 3.10. The van der Waals surface area contributed by atoms with Gasteiger partial charge in [-0.2, -0.15) is 0 Å². The number of benzene rings is 1. The van der Waals surface area contributed by atoms with Crippen LogP contribution in [0.3, 0.4) is 0 Å². The Labute approximate surface area is 164 Å². The van der Waals surface area contributed by atoms with Gasteiger partial charge in [-0.25, -0.2) is 9.97 Å². The second kappa shape index (κ2) is 8.10. The molecular weight excluding hydrogens is 368 g/mol. The largest absolute Gasteiger partial charge is 0.454 e. The van der Waals surface area contributed by atoms with Crippen LogP contribution in [0.2, 0.25) is 0 Å². The number of fused-ring (bicyclic) bond motifs is 1. The van der Waals surface area contributed by atoms with Gasteiger partial charge in [0.05, 0.1) is 11.3 Å². The van der Waals surface area contributed by atoms with Crippen molar-refractivity contribution in [2.24, 2.45) is 0 Å². The summed E-state index contributed by atoms with van der Waals surface area (Å²) in [4.78, 5) is 25.0. The molecule has 0 aliphatic carbocycles. The number of ketones is 1. The summed E-state index contributed by atoms with van der Waals surface area (Å²) < 4.78 is 10.8. The molecule has 1 fully saturated rings. The second-order valence-electron chi connectivity index (χ2n) is 6.68. The first kappa shape index (κ1) is 19.4. The molecule has 8 heteroatoms. The summed E-state index contributed by atoms with van der Waals surface area (Å²) in [7, 11) is 0. The Hall–Kier alpha value is -2.38. The SMILES string of the molecule is CC(=O)c1cnc(N2CCN(Cc3ccc4c(c3)OCO4)CC2)nc1C.Cl. The molecule has 4 rings (SSSR count). The van der Waals surface area contributed by atoms with Crippen molar-refractivity contribution in [3.63, 3.8) is 0 Å². The lowest BCUT2D eigenvalue weighted by Crippen LogP contribution is -2.46. The Balaban J connectivity index is 0.00000210. The number of aromatic nitrogens is 2. The Kier molecular flexibility index (Phi) is 5.82. The summed E-state index contributed by atoms with van der Waals surface area (Å²) >= 11 is 0. The van der Waals surface area contributed by atoms with Gasteiger partial charge in [0.25, 0.3) is 0 Å². The van der Waals surface area contributed by atoms with Crippen molar-refractivity contribution >= 4 is 24.1 Å². The molecule has 2 aromatic rings. The molecule has 1 saturated heterocycles. The number of nitrogens with zero attached hydrogens (tertiary/aromatic N) is 4. The molecule has 0 unspecified atom stereocenters. The lowest BCUT2D eigenvalue weighted by molar-refractivity contribution is 0.101. The normalized spacial score (nSPS) is 16.1. The van der Waals surface area contributed by atoms with Crippen molar-refractivity contribution in [1.82, 2.24) is 14.9 Å². The van der Waals surface area contributed by atoms with Gasteiger partial charge < -0.3 is 14.4 Å². The van der Waals surface area contributed by atoms with Gasteiger partial charge in [-0.05, 0) is 31.5 Å². The monoisotopic (exact) mass is 390 g/mol. The molecule has 0 N–H and O–H groups in total. The number of ether oxygens (including phenoxy) is 2. The molecule has 7 nitrogen and oxygen atoms in total. The van der Waals surface area contributed by atoms with Crippen molar-refractivity contribution in [2.45, 2.75) is 20.4 Å². The molecule has 2 aliphatic heterocycles. The topological polar surface area (TPSA) is 67.8 Å². The van der Waals surface area contributed by atoms with Crippen LogP contribution >= 0.6 is 12.4 Å². The number of piperazine rings is 1. The third-order valence-corrected chi connectivity index (χ3v) is 4.84. The van der Waals surface area contributed by atoms with Crippen molar-refractivity contribution in [2.75, 3.05) is 37.9 Å². The fourth-order valence-electron chi connectivity index (χ4n) is 3.36. The van der Waals surface area contributed by atoms with Crippen LogP contribution < -0.4 is 14.4 Å². The van der Waals surface area contributed by atoms with Gasteiger partial charge in [0.1, 0.15) is 0 Å². The van der Waals surface area contributed by atoms with Gasteiger partial charge in [-0.1, -0.05) is 6.07 Å². The van der Waals surface area contributed by atoms with E-state index in [1.165, 1.54) is 5.56 Å². The molecule has 27 heavy (non-hydrogen) atoms. The number of carbonyl (C=O) groups is 1. The fraction of sp³-hybridized carbons (Fsp3) is 0.421. The van der Waals surface area contributed by atoms with E-state index in [2.05, 4.69) is 31.9 Å². The van der Waals surface area contributed by atoms with E-state index in [0.717, 1.165) is 49.9 Å². The highest BCUT2D eigenvalue weighted by atomic mass is 35.5. The average molecular weight is 391 g/mol. The van der Waals surface area contributed by atoms with Crippen LogP contribution in [-0.4, -0.2) is 53.6 Å². The number of carbonyl (C=O) groups excluding carboxylic acids is 1. The van der Waals surface area contributed by atoms with E-state index in [0.29, 0.717) is 18.3 Å². The molecule has 0 saturated carbocycles. The quantitative estimate of drug-likeness (QED) is 0.743. The second-order valence-corrected chi connectivity index (χ2v) is 6.68. The number of hydrogen-bond donors (Lipinski definition) is 0. The molecule has 1 aromatic carbocycles. The van der Waals surface area contributed by atoms with Crippen LogP contribution in [0.25, 0.3) is 0 Å². The van der Waals surface area contributed by atoms with E-state index in [-0.39, 0.29) is 18.2 Å². The molecule has 0 bridgehead atoms. The van der Waals surface area contributed by atoms with Crippen LogP contribution in [0.15, 0.2) is 24.4 Å². The molecule has 2 aliphatic rings. The van der Waals surface area contributed by atoms with E-state index in [4.69, 9.17) is 9.47 Å². The van der Waals surface area contributed by atoms with E-state index < -0.39 is 0 Å². The van der Waals surface area contributed by atoms with Gasteiger partial charge in [0.2, 0.25) is 12.7 Å². The van der Waals surface area contributed by atoms with Crippen molar-refractivity contribution in [1.29, 1.82) is 0 Å². The molecule has 0 atom stereocenters. The number of anilines is 1. The Morgan fingerprint density at radius 3 is 2.59 bits per heavy atom. The predicted octanol–water partition coefficient (Wildman–Crippen LogP) is 2.46. The third-order valence-electron chi connectivity index (χ3n) is 4.84. The maximum absolute atomic E-state index is 11.5. The number of rotatable bonds is 4. The van der Waals surface area contributed by atoms with Crippen LogP contribution in [0.5, 0.6) is 11.5 Å². The zero-order valence-electron chi connectivity index (χ0n) is 15.5. The highest BCUT2D eigenvalue weighted by Gasteiger charge is 2.21. The maximum atomic E-state index is 11.5. The Morgan fingerprint density at radius 2 is 1.89 bits per heavy atom. The van der Waals surface area contributed by atoms with Crippen molar-refractivity contribution < 1.29 is 14.3 Å². The zero-order chi connectivity index (χ0) is 18.1. The number of aryl methyl sites for hydroxylation is 1. The highest BCUT2D eigenvalue weighted by Crippen LogP contribution is 2.32. The van der Waals surface area contributed by atoms with Gasteiger partial charge >= 0.3 is 0 Å². The lowest BCUT2D eigenvalue weighted by Gasteiger charge is -2.34. The number of hydrogen-bond acceptors (Lipinski definition) is 7. The van der Waals surface area contributed by atoms with Gasteiger partial charge in [-0.3, -0.25) is 9.69 Å². The summed E-state index contributed by atoms with van der Waals surface area (Å²) in [6.07, 6.45) is 1.64. The summed E-state index contributed by atoms with van der Waals surface area (Å²) in [5, 5.41) is 0. The van der Waals surface area contributed by atoms with Crippen LogP contribution in [0, 0.1) is 6.92 Å². The fourth-order valence-corrected chi connectivity index (χ4v) is 3.36. The standard InChI is InChI=1S/C19H22N4O3.ClH/c1-13-16(14(2)24)10-20-19(21-13)23-7-5-22(6-8-23)11-15-3-4-17-18(9-15)26-12-25-17;/h3-4,9-10H,5-8,11-12H2,1-2H3;1H. The minimum Gasteiger partial charge on any atom is -0.454 e. The van der Waals surface area contributed by atoms with E-state index >= 15 is 0 Å². The summed E-state index contributed by atoms with van der Waals surface area (Å²) in [6, 6.07) is 6.12. The Bertz CT molecular complexity index is 838. The van der Waals surface area contributed by atoms with Crippen LogP contribution in [0.1, 0.15) is 28.5 Å². The first-order valence-corrected chi connectivity index (χ1v) is 8.80. The molecule has 1 aromatic heterocycles. The van der Waals surface area contributed by atoms with E-state index in [1.807, 2.05) is 13.0 Å². The molecule has 0 spiro atoms. The number of halogens is 1. The summed E-state index contributed by atoms with van der Waals surface area (Å²) in [5.41, 5.74) is 2.56.